The van der Waals surface area contributed by atoms with E-state index in [2.05, 4.69) is 5.32 Å². The summed E-state index contributed by atoms with van der Waals surface area (Å²) in [6.07, 6.45) is 1.13. The van der Waals surface area contributed by atoms with Crippen LogP contribution in [0, 0.1) is 0 Å². The molecule has 0 fully saturated rings. The lowest BCUT2D eigenvalue weighted by Crippen LogP contribution is -2.35. The molecule has 0 aromatic heterocycles. The van der Waals surface area contributed by atoms with Crippen molar-refractivity contribution in [3.8, 4) is 0 Å². The summed E-state index contributed by atoms with van der Waals surface area (Å²) in [6, 6.07) is 12.5. The first kappa shape index (κ1) is 16.5. The molecule has 0 saturated heterocycles. The lowest BCUT2D eigenvalue weighted by atomic mass is 10.1. The van der Waals surface area contributed by atoms with E-state index in [1.54, 1.807) is 30.0 Å². The van der Waals surface area contributed by atoms with Crippen LogP contribution in [0.4, 0.5) is 11.4 Å². The molecule has 5 nitrogen and oxygen atoms in total. The van der Waals surface area contributed by atoms with E-state index < -0.39 is 10.0 Å². The Morgan fingerprint density at radius 2 is 2.00 bits per heavy atom. The van der Waals surface area contributed by atoms with E-state index in [1.807, 2.05) is 31.2 Å². The Labute approximate surface area is 151 Å². The van der Waals surface area contributed by atoms with Gasteiger partial charge in [-0.1, -0.05) is 18.2 Å². The Bertz CT molecular complexity index is 957. The predicted molar refractivity (Wildman–Crippen MR) is 99.7 cm³/mol. The maximum atomic E-state index is 13.3. The van der Waals surface area contributed by atoms with Gasteiger partial charge in [-0.15, -0.1) is 11.8 Å². The first-order chi connectivity index (χ1) is 12.0. The second-order valence-electron chi connectivity index (χ2n) is 6.29. The van der Waals surface area contributed by atoms with Gasteiger partial charge in [-0.2, -0.15) is 0 Å². The number of carbonyl (C=O) groups is 1. The van der Waals surface area contributed by atoms with Gasteiger partial charge in [0, 0.05) is 23.1 Å². The van der Waals surface area contributed by atoms with Crippen LogP contribution in [-0.2, 0) is 21.2 Å². The number of amides is 1. The van der Waals surface area contributed by atoms with Gasteiger partial charge in [-0.3, -0.25) is 9.10 Å². The van der Waals surface area contributed by atoms with Crippen LogP contribution >= 0.6 is 11.8 Å². The number of nitrogens with zero attached hydrogens (tertiary/aromatic N) is 1. The van der Waals surface area contributed by atoms with Crippen molar-refractivity contribution in [2.75, 3.05) is 15.4 Å². The summed E-state index contributed by atoms with van der Waals surface area (Å²) >= 11 is 1.56. The van der Waals surface area contributed by atoms with E-state index in [4.69, 9.17) is 0 Å². The number of anilines is 2. The molecule has 25 heavy (non-hydrogen) atoms. The Hall–Kier alpha value is -1.99. The average molecular weight is 374 g/mol. The zero-order valence-electron chi connectivity index (χ0n) is 13.7. The Morgan fingerprint density at radius 1 is 1.20 bits per heavy atom. The molecular weight excluding hydrogens is 356 g/mol. The SMILES string of the molecule is C[C@@H]1Cc2ccccc2N1S(=O)(=O)c1ccc2c(c1)NC(=O)CCS2. The summed E-state index contributed by atoms with van der Waals surface area (Å²) in [7, 11) is -3.69. The van der Waals surface area contributed by atoms with Crippen LogP contribution < -0.4 is 9.62 Å². The Morgan fingerprint density at radius 3 is 2.84 bits per heavy atom. The second kappa shape index (κ2) is 6.07. The molecule has 2 heterocycles. The fraction of sp³-hybridized carbons (Fsp3) is 0.278. The first-order valence-electron chi connectivity index (χ1n) is 8.16. The van der Waals surface area contributed by atoms with Gasteiger partial charge in [-0.25, -0.2) is 8.42 Å². The van der Waals surface area contributed by atoms with Crippen molar-refractivity contribution in [3.05, 3.63) is 48.0 Å². The number of carbonyl (C=O) groups excluding carboxylic acids is 1. The van der Waals surface area contributed by atoms with E-state index in [1.165, 1.54) is 4.31 Å². The van der Waals surface area contributed by atoms with Gasteiger partial charge in [0.2, 0.25) is 5.91 Å². The highest BCUT2D eigenvalue weighted by Crippen LogP contribution is 2.38. The van der Waals surface area contributed by atoms with Crippen molar-refractivity contribution in [3.63, 3.8) is 0 Å². The molecule has 0 spiro atoms. The first-order valence-corrected chi connectivity index (χ1v) is 10.6. The number of benzene rings is 2. The lowest BCUT2D eigenvalue weighted by molar-refractivity contribution is -0.115. The molecule has 130 valence electrons. The third-order valence-electron chi connectivity index (χ3n) is 4.51. The molecular formula is C18H18N2O3S2. The molecule has 0 saturated carbocycles. The molecule has 1 N–H and O–H groups in total. The van der Waals surface area contributed by atoms with E-state index in [0.717, 1.165) is 16.1 Å². The summed E-state index contributed by atoms with van der Waals surface area (Å²) in [6.45, 7) is 1.92. The third kappa shape index (κ3) is 2.81. The normalized spacial score (nSPS) is 19.8. The third-order valence-corrected chi connectivity index (χ3v) is 7.51. The van der Waals surface area contributed by atoms with Crippen molar-refractivity contribution < 1.29 is 13.2 Å². The molecule has 1 atom stereocenters. The van der Waals surface area contributed by atoms with E-state index >= 15 is 0 Å². The molecule has 1 amide bonds. The summed E-state index contributed by atoms with van der Waals surface area (Å²) in [5, 5.41) is 2.81. The number of hydrogen-bond donors (Lipinski definition) is 1. The van der Waals surface area contributed by atoms with Crippen molar-refractivity contribution in [1.82, 2.24) is 0 Å². The van der Waals surface area contributed by atoms with Gasteiger partial charge in [0.05, 0.1) is 16.3 Å². The van der Waals surface area contributed by atoms with Crippen LogP contribution in [0.2, 0.25) is 0 Å². The topological polar surface area (TPSA) is 66.5 Å². The van der Waals surface area contributed by atoms with Gasteiger partial charge in [0.15, 0.2) is 0 Å². The van der Waals surface area contributed by atoms with Crippen molar-refractivity contribution in [2.45, 2.75) is 35.6 Å². The molecule has 2 aromatic rings. The van der Waals surface area contributed by atoms with Crippen LogP contribution in [0.1, 0.15) is 18.9 Å². The standard InChI is InChI=1S/C18H18N2O3S2/c1-12-10-13-4-2-3-5-16(13)20(12)25(22,23)14-6-7-17-15(11-14)19-18(21)8-9-24-17/h2-7,11-12H,8-10H2,1H3,(H,19,21)/t12-/m1/s1. The smallest absolute Gasteiger partial charge is 0.264 e. The van der Waals surface area contributed by atoms with Crippen molar-refractivity contribution in [2.24, 2.45) is 0 Å². The second-order valence-corrected chi connectivity index (χ2v) is 9.24. The number of rotatable bonds is 2. The Kier molecular flexibility index (Phi) is 4.00. The maximum absolute atomic E-state index is 13.3. The monoisotopic (exact) mass is 374 g/mol. The van der Waals surface area contributed by atoms with Gasteiger partial charge in [-0.05, 0) is 43.2 Å². The van der Waals surface area contributed by atoms with Crippen molar-refractivity contribution in [1.29, 1.82) is 0 Å². The van der Waals surface area contributed by atoms with Crippen LogP contribution in [0.15, 0.2) is 52.3 Å². The van der Waals surface area contributed by atoms with E-state index in [9.17, 15) is 13.2 Å². The molecule has 4 rings (SSSR count). The summed E-state index contributed by atoms with van der Waals surface area (Å²) in [4.78, 5) is 12.9. The molecule has 2 aromatic carbocycles. The molecule has 2 aliphatic heterocycles. The van der Waals surface area contributed by atoms with Gasteiger partial charge in [0.25, 0.3) is 10.0 Å². The molecule has 2 aliphatic rings. The van der Waals surface area contributed by atoms with Gasteiger partial charge < -0.3 is 5.32 Å². The summed E-state index contributed by atoms with van der Waals surface area (Å²) in [5.74, 6) is 0.613. The highest BCUT2D eigenvalue weighted by Gasteiger charge is 2.36. The predicted octanol–water partition coefficient (Wildman–Crippen LogP) is 3.26. The number of nitrogens with one attached hydrogen (secondary N) is 1. The molecule has 7 heteroatoms. The largest absolute Gasteiger partial charge is 0.325 e. The average Bonchev–Trinajstić information content (AvgIpc) is 2.80. The Balaban J connectivity index is 1.78. The van der Waals surface area contributed by atoms with E-state index in [0.29, 0.717) is 24.3 Å². The molecule has 0 radical (unpaired) electrons. The van der Waals surface area contributed by atoms with Gasteiger partial charge >= 0.3 is 0 Å². The van der Waals surface area contributed by atoms with E-state index in [-0.39, 0.29) is 16.8 Å². The lowest BCUT2D eigenvalue weighted by Gasteiger charge is -2.25. The van der Waals surface area contributed by atoms with Crippen molar-refractivity contribution >= 4 is 39.1 Å². The summed E-state index contributed by atoms with van der Waals surface area (Å²) < 4.78 is 28.0. The number of thioether (sulfide) groups is 1. The minimum absolute atomic E-state index is 0.0827. The fourth-order valence-electron chi connectivity index (χ4n) is 3.38. The highest BCUT2D eigenvalue weighted by atomic mass is 32.2. The number of sulfonamides is 1. The minimum atomic E-state index is -3.69. The van der Waals surface area contributed by atoms with Crippen LogP contribution in [0.3, 0.4) is 0 Å². The quantitative estimate of drug-likeness (QED) is 0.876. The fourth-order valence-corrected chi connectivity index (χ4v) is 6.03. The molecule has 0 bridgehead atoms. The van der Waals surface area contributed by atoms with Crippen LogP contribution in [0.5, 0.6) is 0 Å². The molecule has 0 aliphatic carbocycles. The highest BCUT2D eigenvalue weighted by molar-refractivity contribution is 7.99. The number of hydrogen-bond acceptors (Lipinski definition) is 4. The van der Waals surface area contributed by atoms with Crippen LogP contribution in [-0.4, -0.2) is 26.1 Å². The van der Waals surface area contributed by atoms with Gasteiger partial charge in [0.1, 0.15) is 0 Å². The summed E-state index contributed by atoms with van der Waals surface area (Å²) in [5.41, 5.74) is 2.36. The maximum Gasteiger partial charge on any atom is 0.264 e. The number of para-hydroxylation sites is 1. The molecule has 0 unspecified atom stereocenters. The zero-order chi connectivity index (χ0) is 17.6. The minimum Gasteiger partial charge on any atom is -0.325 e. The van der Waals surface area contributed by atoms with Crippen LogP contribution in [0.25, 0.3) is 0 Å². The number of fused-ring (bicyclic) bond motifs is 2. The zero-order valence-corrected chi connectivity index (χ0v) is 15.4.